The fourth-order valence-electron chi connectivity index (χ4n) is 2.79. The van der Waals surface area contributed by atoms with Gasteiger partial charge in [0.05, 0.1) is 4.90 Å². The Morgan fingerprint density at radius 3 is 2.00 bits per heavy atom. The summed E-state index contributed by atoms with van der Waals surface area (Å²) in [5, 5.41) is 2.61. The van der Waals surface area contributed by atoms with Crippen molar-refractivity contribution in [1.29, 1.82) is 0 Å². The molecule has 0 atom stereocenters. The van der Waals surface area contributed by atoms with Gasteiger partial charge in [0, 0.05) is 24.1 Å². The van der Waals surface area contributed by atoms with E-state index in [9.17, 15) is 13.2 Å². The summed E-state index contributed by atoms with van der Waals surface area (Å²) in [4.78, 5) is 16.5. The topological polar surface area (TPSA) is 75.6 Å². The van der Waals surface area contributed by atoms with E-state index in [4.69, 9.17) is 0 Å². The Morgan fingerprint density at radius 2 is 1.46 bits per heavy atom. The lowest BCUT2D eigenvalue weighted by molar-refractivity contribution is 0.259. The summed E-state index contributed by atoms with van der Waals surface area (Å²) in [5.74, 6) is -0.171. The lowest BCUT2D eigenvalue weighted by Gasteiger charge is -2.13. The average Bonchev–Trinajstić information content (AvgIpc) is 2.69. The fraction of sp³-hybridized carbons (Fsp3) is 0.0909. The molecule has 142 valence electrons. The molecule has 0 fully saturated rings. The predicted octanol–water partition coefficient (Wildman–Crippen LogP) is 4.52. The highest BCUT2D eigenvalue weighted by Gasteiger charge is 2.12. The number of benzene rings is 3. The molecule has 3 rings (SSSR count). The van der Waals surface area contributed by atoms with Crippen molar-refractivity contribution in [2.45, 2.75) is 10.8 Å². The maximum Gasteiger partial charge on any atom is 0.345 e. The lowest BCUT2D eigenvalue weighted by atomic mass is 9.92. The monoisotopic (exact) mass is 392 g/mol. The summed E-state index contributed by atoms with van der Waals surface area (Å²) >= 11 is 0. The van der Waals surface area contributed by atoms with Crippen LogP contribution in [0.15, 0.2) is 94.8 Å². The van der Waals surface area contributed by atoms with E-state index in [0.29, 0.717) is 5.69 Å². The van der Waals surface area contributed by atoms with Crippen LogP contribution in [0.4, 0.5) is 10.5 Å². The third-order valence-electron chi connectivity index (χ3n) is 4.17. The molecule has 5 nitrogen and oxygen atoms in total. The molecule has 0 unspecified atom stereocenters. The molecule has 1 N–H and O–H groups in total. The molecule has 6 heteroatoms. The largest absolute Gasteiger partial charge is 0.345 e. The first-order chi connectivity index (χ1) is 13.4. The SMILES string of the molecule is CS(=O)(=O)c1cccc(NC(=O)N=CC(c2ccccc2)c2ccccc2)c1. The van der Waals surface area contributed by atoms with Gasteiger partial charge in [-0.2, -0.15) is 0 Å². The van der Waals surface area contributed by atoms with Gasteiger partial charge in [-0.3, -0.25) is 0 Å². The van der Waals surface area contributed by atoms with Crippen LogP contribution in [0.1, 0.15) is 17.0 Å². The number of urea groups is 1. The summed E-state index contributed by atoms with van der Waals surface area (Å²) in [6, 6.07) is 25.1. The Morgan fingerprint density at radius 1 is 0.893 bits per heavy atom. The number of anilines is 1. The van der Waals surface area contributed by atoms with Crippen molar-refractivity contribution in [3.8, 4) is 0 Å². The Hall–Kier alpha value is -3.25. The van der Waals surface area contributed by atoms with Crippen LogP contribution in [0.2, 0.25) is 0 Å². The normalized spacial score (nSPS) is 11.6. The van der Waals surface area contributed by atoms with E-state index >= 15 is 0 Å². The first-order valence-electron chi connectivity index (χ1n) is 8.69. The molecule has 0 heterocycles. The lowest BCUT2D eigenvalue weighted by Crippen LogP contribution is -2.10. The van der Waals surface area contributed by atoms with Gasteiger partial charge in [0.1, 0.15) is 0 Å². The molecule has 0 aliphatic rings. The molecule has 0 spiro atoms. The van der Waals surface area contributed by atoms with Gasteiger partial charge < -0.3 is 5.32 Å². The van der Waals surface area contributed by atoms with Crippen molar-refractivity contribution in [3.05, 3.63) is 96.1 Å². The van der Waals surface area contributed by atoms with Gasteiger partial charge in [-0.25, -0.2) is 18.2 Å². The molecule has 0 radical (unpaired) electrons. The van der Waals surface area contributed by atoms with Gasteiger partial charge in [0.25, 0.3) is 0 Å². The second-order valence-corrected chi connectivity index (χ2v) is 8.32. The van der Waals surface area contributed by atoms with E-state index in [-0.39, 0.29) is 10.8 Å². The first kappa shape index (κ1) is 19.5. The number of rotatable bonds is 5. The molecule has 0 saturated carbocycles. The van der Waals surface area contributed by atoms with E-state index in [1.807, 2.05) is 60.7 Å². The Kier molecular flexibility index (Phi) is 6.01. The smallest absolute Gasteiger partial charge is 0.306 e. The number of hydrogen-bond donors (Lipinski definition) is 1. The van der Waals surface area contributed by atoms with Gasteiger partial charge in [-0.05, 0) is 29.3 Å². The zero-order chi connectivity index (χ0) is 20.0. The van der Waals surface area contributed by atoms with Crippen LogP contribution in [-0.2, 0) is 9.84 Å². The number of aliphatic imine (C=N–C) groups is 1. The highest BCUT2D eigenvalue weighted by Crippen LogP contribution is 2.23. The average molecular weight is 392 g/mol. The number of sulfone groups is 1. The summed E-state index contributed by atoms with van der Waals surface area (Å²) in [6.07, 6.45) is 2.72. The van der Waals surface area contributed by atoms with Crippen molar-refractivity contribution in [2.75, 3.05) is 11.6 Å². The van der Waals surface area contributed by atoms with Crippen LogP contribution in [0.5, 0.6) is 0 Å². The molecular formula is C22H20N2O3S. The maximum absolute atomic E-state index is 12.3. The minimum absolute atomic E-state index is 0.140. The standard InChI is InChI=1S/C22H20N2O3S/c1-28(26,27)20-14-8-13-19(15-20)24-22(25)23-16-21(17-9-4-2-5-10-17)18-11-6-3-7-12-18/h2-16,21H,1H3,(H,24,25). The second kappa shape index (κ2) is 8.63. The van der Waals surface area contributed by atoms with Gasteiger partial charge in [0.2, 0.25) is 0 Å². The van der Waals surface area contributed by atoms with Crippen LogP contribution < -0.4 is 5.32 Å². The number of carbonyl (C=O) groups excluding carboxylic acids is 1. The van der Waals surface area contributed by atoms with Crippen molar-refractivity contribution >= 4 is 27.8 Å². The van der Waals surface area contributed by atoms with Gasteiger partial charge in [0.15, 0.2) is 9.84 Å². The summed E-state index contributed by atoms with van der Waals surface area (Å²) in [7, 11) is -3.35. The fourth-order valence-corrected chi connectivity index (χ4v) is 3.45. The van der Waals surface area contributed by atoms with Gasteiger partial charge >= 0.3 is 6.03 Å². The van der Waals surface area contributed by atoms with Crippen molar-refractivity contribution < 1.29 is 13.2 Å². The predicted molar refractivity (Wildman–Crippen MR) is 112 cm³/mol. The molecule has 0 bridgehead atoms. The van der Waals surface area contributed by atoms with E-state index in [1.54, 1.807) is 18.3 Å². The van der Waals surface area contributed by atoms with E-state index in [2.05, 4.69) is 10.3 Å². The molecule has 0 aliphatic carbocycles. The molecule has 0 aromatic heterocycles. The van der Waals surface area contributed by atoms with Crippen LogP contribution in [0.25, 0.3) is 0 Å². The van der Waals surface area contributed by atoms with Gasteiger partial charge in [-0.15, -0.1) is 0 Å². The Bertz CT molecular complexity index is 1040. The second-order valence-electron chi connectivity index (χ2n) is 6.31. The Labute approximate surface area is 164 Å². The minimum Gasteiger partial charge on any atom is -0.306 e. The zero-order valence-corrected chi connectivity index (χ0v) is 16.1. The van der Waals surface area contributed by atoms with Gasteiger partial charge in [-0.1, -0.05) is 66.7 Å². The van der Waals surface area contributed by atoms with E-state index < -0.39 is 15.9 Å². The van der Waals surface area contributed by atoms with Crippen molar-refractivity contribution in [3.63, 3.8) is 0 Å². The summed E-state index contributed by atoms with van der Waals surface area (Å²) in [6.45, 7) is 0. The third kappa shape index (κ3) is 5.14. The van der Waals surface area contributed by atoms with E-state index in [0.717, 1.165) is 17.4 Å². The maximum atomic E-state index is 12.3. The number of nitrogens with zero attached hydrogens (tertiary/aromatic N) is 1. The molecule has 3 aromatic carbocycles. The molecule has 0 aliphatic heterocycles. The summed E-state index contributed by atoms with van der Waals surface area (Å²) in [5.41, 5.74) is 2.41. The molecule has 28 heavy (non-hydrogen) atoms. The van der Waals surface area contributed by atoms with Crippen LogP contribution >= 0.6 is 0 Å². The van der Waals surface area contributed by atoms with Crippen LogP contribution in [0.3, 0.4) is 0 Å². The number of nitrogens with one attached hydrogen (secondary N) is 1. The van der Waals surface area contributed by atoms with E-state index in [1.165, 1.54) is 12.1 Å². The van der Waals surface area contributed by atoms with Crippen LogP contribution in [-0.4, -0.2) is 26.9 Å². The highest BCUT2D eigenvalue weighted by atomic mass is 32.2. The zero-order valence-electron chi connectivity index (χ0n) is 15.3. The van der Waals surface area contributed by atoms with Crippen molar-refractivity contribution in [2.24, 2.45) is 4.99 Å². The number of amides is 2. The molecule has 3 aromatic rings. The quantitative estimate of drug-likeness (QED) is 0.649. The summed E-state index contributed by atoms with van der Waals surface area (Å²) < 4.78 is 23.3. The molecule has 0 saturated heterocycles. The Balaban J connectivity index is 1.81. The molecular weight excluding hydrogens is 372 g/mol. The first-order valence-corrected chi connectivity index (χ1v) is 10.6. The number of carbonyl (C=O) groups is 1. The van der Waals surface area contributed by atoms with Crippen LogP contribution in [0, 0.1) is 0 Å². The minimum atomic E-state index is -3.35. The molecule has 2 amide bonds. The highest BCUT2D eigenvalue weighted by molar-refractivity contribution is 7.90. The number of hydrogen-bond acceptors (Lipinski definition) is 3. The van der Waals surface area contributed by atoms with Crippen molar-refractivity contribution in [1.82, 2.24) is 0 Å². The third-order valence-corrected chi connectivity index (χ3v) is 5.28.